The molecule has 2 aromatic carbocycles. The molecule has 78 valence electrons. The largest absolute Gasteiger partial charge is 0.0876 e. The highest BCUT2D eigenvalue weighted by Crippen LogP contribution is 2.32. The molecule has 0 unspecified atom stereocenters. The van der Waals surface area contributed by atoms with E-state index in [-0.39, 0.29) is 0 Å². The van der Waals surface area contributed by atoms with Crippen LogP contribution in [0.5, 0.6) is 0 Å². The minimum atomic E-state index is 0.789. The van der Waals surface area contributed by atoms with Crippen LogP contribution in [-0.2, 0) is 10.7 Å². The van der Waals surface area contributed by atoms with E-state index < -0.39 is 0 Å². The Hall–Kier alpha value is -0.0500. The Kier molecular flexibility index (Phi) is 3.70. The molecule has 0 heterocycles. The summed E-state index contributed by atoms with van der Waals surface area (Å²) in [6.45, 7) is 0. The monoisotopic (exact) mass is 346 g/mol. The number of hydrogen-bond donors (Lipinski definition) is 0. The number of alkyl halides is 2. The van der Waals surface area contributed by atoms with Crippen molar-refractivity contribution in [3.05, 3.63) is 46.5 Å². The van der Waals surface area contributed by atoms with Gasteiger partial charge in [-0.1, -0.05) is 67.7 Å². The smallest absolute Gasteiger partial charge is 0.0527 e. The van der Waals surface area contributed by atoms with Gasteiger partial charge in [-0.15, -0.1) is 0 Å². The third kappa shape index (κ3) is 2.08. The third-order valence-corrected chi connectivity index (χ3v) is 4.05. The maximum Gasteiger partial charge on any atom is 0.0527 e. The zero-order valence-corrected chi connectivity index (χ0v) is 11.9. The summed E-state index contributed by atoms with van der Waals surface area (Å²) in [5.74, 6) is 0. The molecular weight excluding hydrogens is 339 g/mol. The van der Waals surface area contributed by atoms with Gasteiger partial charge in [0.15, 0.2) is 0 Å². The lowest BCUT2D eigenvalue weighted by molar-refractivity contribution is 1.32. The maximum absolute atomic E-state index is 6.37. The lowest BCUT2D eigenvalue weighted by atomic mass is 10.0. The molecule has 0 saturated heterocycles. The van der Waals surface area contributed by atoms with Gasteiger partial charge < -0.3 is 0 Å². The summed E-state index contributed by atoms with van der Waals surface area (Å²) in [5, 5.41) is 4.80. The number of rotatable bonds is 2. The standard InChI is InChI=1S/C12H9Br2Cl/c13-6-9-5-8-3-1-2-4-10(8)12(15)11(9)7-14/h1-5H,6-7H2. The van der Waals surface area contributed by atoms with Gasteiger partial charge in [0.2, 0.25) is 0 Å². The van der Waals surface area contributed by atoms with E-state index in [2.05, 4.69) is 50.1 Å². The van der Waals surface area contributed by atoms with Crippen molar-refractivity contribution in [2.75, 3.05) is 0 Å². The van der Waals surface area contributed by atoms with Crippen LogP contribution >= 0.6 is 43.5 Å². The fraction of sp³-hybridized carbons (Fsp3) is 0.167. The van der Waals surface area contributed by atoms with Gasteiger partial charge in [-0.25, -0.2) is 0 Å². The predicted octanol–water partition coefficient (Wildman–Crippen LogP) is 5.28. The predicted molar refractivity (Wildman–Crippen MR) is 74.2 cm³/mol. The van der Waals surface area contributed by atoms with Crippen molar-refractivity contribution in [2.45, 2.75) is 10.7 Å². The van der Waals surface area contributed by atoms with Gasteiger partial charge in [-0.2, -0.15) is 0 Å². The van der Waals surface area contributed by atoms with Gasteiger partial charge in [0.25, 0.3) is 0 Å². The Morgan fingerprint density at radius 1 is 1.07 bits per heavy atom. The molecular formula is C12H9Br2Cl. The number of hydrogen-bond acceptors (Lipinski definition) is 0. The van der Waals surface area contributed by atoms with Crippen LogP contribution in [0.4, 0.5) is 0 Å². The van der Waals surface area contributed by atoms with Crippen LogP contribution in [0.3, 0.4) is 0 Å². The van der Waals surface area contributed by atoms with Crippen LogP contribution in [0.15, 0.2) is 30.3 Å². The molecule has 0 amide bonds. The second-order valence-corrected chi connectivity index (χ2v) is 4.82. The van der Waals surface area contributed by atoms with Gasteiger partial charge >= 0.3 is 0 Å². The number of fused-ring (bicyclic) bond motifs is 1. The van der Waals surface area contributed by atoms with E-state index in [4.69, 9.17) is 11.6 Å². The van der Waals surface area contributed by atoms with E-state index in [1.807, 2.05) is 12.1 Å². The Labute approximate surface area is 111 Å². The molecule has 0 aliphatic rings. The first-order valence-corrected chi connectivity index (χ1v) is 7.21. The van der Waals surface area contributed by atoms with Crippen molar-refractivity contribution >= 4 is 54.2 Å². The highest BCUT2D eigenvalue weighted by Gasteiger charge is 2.09. The Morgan fingerprint density at radius 3 is 2.47 bits per heavy atom. The normalized spacial score (nSPS) is 10.9. The van der Waals surface area contributed by atoms with Crippen LogP contribution in [0.25, 0.3) is 10.8 Å². The summed E-state index contributed by atoms with van der Waals surface area (Å²) in [6.07, 6.45) is 0. The molecule has 0 aliphatic carbocycles. The minimum Gasteiger partial charge on any atom is -0.0876 e. The first kappa shape index (κ1) is 11.4. The molecule has 2 aromatic rings. The summed E-state index contributed by atoms with van der Waals surface area (Å²) in [7, 11) is 0. The van der Waals surface area contributed by atoms with Crippen LogP contribution < -0.4 is 0 Å². The van der Waals surface area contributed by atoms with Gasteiger partial charge in [0.05, 0.1) is 5.02 Å². The van der Waals surface area contributed by atoms with E-state index >= 15 is 0 Å². The molecule has 0 spiro atoms. The highest BCUT2D eigenvalue weighted by molar-refractivity contribution is 9.09. The number of benzene rings is 2. The SMILES string of the molecule is Clc1c(CBr)c(CBr)cc2ccccc12. The van der Waals surface area contributed by atoms with Crippen molar-refractivity contribution in [1.82, 2.24) is 0 Å². The van der Waals surface area contributed by atoms with Gasteiger partial charge in [0, 0.05) is 16.0 Å². The average Bonchev–Trinajstić information content (AvgIpc) is 2.29. The first-order chi connectivity index (χ1) is 7.27. The molecule has 0 fully saturated rings. The summed E-state index contributed by atoms with van der Waals surface area (Å²) in [5.41, 5.74) is 2.42. The van der Waals surface area contributed by atoms with Crippen LogP contribution in [-0.4, -0.2) is 0 Å². The second kappa shape index (κ2) is 4.86. The summed E-state index contributed by atoms with van der Waals surface area (Å²) in [4.78, 5) is 0. The van der Waals surface area contributed by atoms with Crippen molar-refractivity contribution < 1.29 is 0 Å². The second-order valence-electron chi connectivity index (χ2n) is 3.32. The van der Waals surface area contributed by atoms with Crippen LogP contribution in [0.1, 0.15) is 11.1 Å². The van der Waals surface area contributed by atoms with Crippen molar-refractivity contribution in [3.8, 4) is 0 Å². The van der Waals surface area contributed by atoms with Crippen molar-refractivity contribution in [3.63, 3.8) is 0 Å². The topological polar surface area (TPSA) is 0 Å². The zero-order chi connectivity index (χ0) is 10.8. The van der Waals surface area contributed by atoms with E-state index in [9.17, 15) is 0 Å². The molecule has 0 bridgehead atoms. The van der Waals surface area contributed by atoms with Crippen molar-refractivity contribution in [2.24, 2.45) is 0 Å². The van der Waals surface area contributed by atoms with Gasteiger partial charge in [0.1, 0.15) is 0 Å². The molecule has 0 nitrogen and oxygen atoms in total. The molecule has 0 radical (unpaired) electrons. The van der Waals surface area contributed by atoms with E-state index in [0.717, 1.165) is 21.1 Å². The maximum atomic E-state index is 6.37. The van der Waals surface area contributed by atoms with Gasteiger partial charge in [-0.05, 0) is 22.6 Å². The summed E-state index contributed by atoms with van der Waals surface area (Å²) in [6, 6.07) is 10.4. The van der Waals surface area contributed by atoms with E-state index in [0.29, 0.717) is 0 Å². The molecule has 15 heavy (non-hydrogen) atoms. The molecule has 0 atom stereocenters. The van der Waals surface area contributed by atoms with Crippen LogP contribution in [0, 0.1) is 0 Å². The third-order valence-electron chi connectivity index (χ3n) is 2.46. The fourth-order valence-corrected chi connectivity index (χ4v) is 3.33. The van der Waals surface area contributed by atoms with E-state index in [1.54, 1.807) is 0 Å². The molecule has 3 heteroatoms. The minimum absolute atomic E-state index is 0.789. The highest BCUT2D eigenvalue weighted by atomic mass is 79.9. The molecule has 0 N–H and O–H groups in total. The summed E-state index contributed by atoms with van der Waals surface area (Å²) < 4.78 is 0. The van der Waals surface area contributed by atoms with Gasteiger partial charge in [-0.3, -0.25) is 0 Å². The quantitative estimate of drug-likeness (QED) is 0.648. The lowest BCUT2D eigenvalue weighted by Crippen LogP contribution is -1.91. The molecule has 2 rings (SSSR count). The number of halogens is 3. The summed E-state index contributed by atoms with van der Waals surface area (Å²) >= 11 is 13.3. The zero-order valence-electron chi connectivity index (χ0n) is 7.93. The fourth-order valence-electron chi connectivity index (χ4n) is 1.66. The van der Waals surface area contributed by atoms with Crippen molar-refractivity contribution in [1.29, 1.82) is 0 Å². The lowest BCUT2D eigenvalue weighted by Gasteiger charge is -2.10. The Morgan fingerprint density at radius 2 is 1.80 bits per heavy atom. The Bertz CT molecular complexity index is 494. The van der Waals surface area contributed by atoms with E-state index in [1.165, 1.54) is 16.5 Å². The average molecular weight is 348 g/mol. The molecule has 0 aromatic heterocycles. The van der Waals surface area contributed by atoms with Crippen LogP contribution in [0.2, 0.25) is 5.02 Å². The molecule has 0 aliphatic heterocycles. The first-order valence-electron chi connectivity index (χ1n) is 4.59. The molecule has 0 saturated carbocycles. The Balaban J connectivity index is 2.81.